The minimum absolute atomic E-state index is 0.0000677. The maximum Gasteiger partial charge on any atom is 0.416 e. The third-order valence-electron chi connectivity index (χ3n) is 5.58. The number of aryl methyl sites for hydroxylation is 1. The lowest BCUT2D eigenvalue weighted by Crippen LogP contribution is -2.39. The summed E-state index contributed by atoms with van der Waals surface area (Å²) in [6.07, 6.45) is -10.1. The molecule has 190 valence electrons. The molecule has 0 fully saturated rings. The molecule has 0 bridgehead atoms. The van der Waals surface area contributed by atoms with E-state index in [0.717, 1.165) is 16.2 Å². The van der Waals surface area contributed by atoms with Gasteiger partial charge in [-0.25, -0.2) is 4.98 Å². The van der Waals surface area contributed by atoms with Crippen LogP contribution in [-0.4, -0.2) is 42.0 Å². The highest BCUT2D eigenvalue weighted by Gasteiger charge is 2.38. The number of amides is 1. The van der Waals surface area contributed by atoms with E-state index in [1.807, 2.05) is 18.7 Å². The standard InChI is InChI=1S/C23H22ClF6N3OS/c1-4-32(5-2)8-9-33(21-31-19-13(3)17(24)6-7-18(19)35-21)20(34)14-10-15(22(25,26)27)12-16(11-14)23(28,29)30/h6-7,10-12H,4-5,8-9H2,1-3H3. The molecule has 0 atom stereocenters. The number of rotatable bonds is 7. The summed E-state index contributed by atoms with van der Waals surface area (Å²) in [5.74, 6) is -1.00. The van der Waals surface area contributed by atoms with Crippen molar-refractivity contribution < 1.29 is 31.1 Å². The van der Waals surface area contributed by atoms with E-state index < -0.39 is 35.0 Å². The van der Waals surface area contributed by atoms with Crippen LogP contribution in [0.25, 0.3) is 10.2 Å². The van der Waals surface area contributed by atoms with Crippen LogP contribution in [0, 0.1) is 6.92 Å². The van der Waals surface area contributed by atoms with Crippen molar-refractivity contribution in [3.8, 4) is 0 Å². The summed E-state index contributed by atoms with van der Waals surface area (Å²) in [7, 11) is 0. The monoisotopic (exact) mass is 537 g/mol. The molecular formula is C23H22ClF6N3OS. The van der Waals surface area contributed by atoms with Gasteiger partial charge in [0, 0.05) is 23.7 Å². The normalized spacial score (nSPS) is 12.5. The molecule has 0 aliphatic heterocycles. The van der Waals surface area contributed by atoms with Gasteiger partial charge in [0.25, 0.3) is 5.91 Å². The molecule has 3 aromatic rings. The zero-order valence-electron chi connectivity index (χ0n) is 19.0. The van der Waals surface area contributed by atoms with Crippen LogP contribution in [-0.2, 0) is 12.4 Å². The minimum Gasteiger partial charge on any atom is -0.302 e. The number of carbonyl (C=O) groups excluding carboxylic acids is 1. The fraction of sp³-hybridized carbons (Fsp3) is 0.391. The molecule has 0 radical (unpaired) electrons. The SMILES string of the molecule is CCN(CC)CCN(C(=O)c1cc(C(F)(F)F)cc(C(F)(F)F)c1)c1nc2c(C)c(Cl)ccc2s1. The molecule has 0 unspecified atom stereocenters. The first-order valence-electron chi connectivity index (χ1n) is 10.7. The largest absolute Gasteiger partial charge is 0.416 e. The Bertz CT molecular complexity index is 1190. The molecule has 0 N–H and O–H groups in total. The first-order chi connectivity index (χ1) is 16.3. The second kappa shape index (κ2) is 10.3. The van der Waals surface area contributed by atoms with Gasteiger partial charge in [-0.1, -0.05) is 36.8 Å². The lowest BCUT2D eigenvalue weighted by Gasteiger charge is -2.25. The Hall–Kier alpha value is -2.37. The molecule has 12 heteroatoms. The predicted octanol–water partition coefficient (Wildman–Crippen LogP) is 7.28. The van der Waals surface area contributed by atoms with Gasteiger partial charge < -0.3 is 4.90 Å². The Labute approximate surface area is 207 Å². The van der Waals surface area contributed by atoms with E-state index in [1.54, 1.807) is 19.1 Å². The zero-order chi connectivity index (χ0) is 26.1. The fourth-order valence-corrected chi connectivity index (χ4v) is 4.71. The Kier molecular flexibility index (Phi) is 8.02. The van der Waals surface area contributed by atoms with Crippen LogP contribution in [0.2, 0.25) is 5.02 Å². The van der Waals surface area contributed by atoms with E-state index in [0.29, 0.717) is 52.6 Å². The molecule has 1 aromatic heterocycles. The lowest BCUT2D eigenvalue weighted by atomic mass is 10.0. The number of halogens is 7. The first kappa shape index (κ1) is 27.2. The number of nitrogens with zero attached hydrogens (tertiary/aromatic N) is 3. The van der Waals surface area contributed by atoms with Crippen molar-refractivity contribution in [3.63, 3.8) is 0 Å². The topological polar surface area (TPSA) is 36.4 Å². The van der Waals surface area contributed by atoms with E-state index in [1.165, 1.54) is 0 Å². The summed E-state index contributed by atoms with van der Waals surface area (Å²) in [5.41, 5.74) is -2.65. The second-order valence-electron chi connectivity index (χ2n) is 7.79. The van der Waals surface area contributed by atoms with Crippen molar-refractivity contribution in [1.29, 1.82) is 0 Å². The Morgan fingerprint density at radius 1 is 0.971 bits per heavy atom. The molecule has 0 saturated heterocycles. The number of thiazole rings is 1. The molecule has 0 aliphatic rings. The molecule has 35 heavy (non-hydrogen) atoms. The van der Waals surface area contributed by atoms with Crippen LogP contribution < -0.4 is 4.90 Å². The molecule has 2 aromatic carbocycles. The second-order valence-corrected chi connectivity index (χ2v) is 9.21. The summed E-state index contributed by atoms with van der Waals surface area (Å²) in [4.78, 5) is 21.0. The average molecular weight is 538 g/mol. The van der Waals surface area contributed by atoms with Gasteiger partial charge in [0.15, 0.2) is 5.13 Å². The van der Waals surface area contributed by atoms with Crippen LogP contribution in [0.4, 0.5) is 31.5 Å². The molecule has 0 spiro atoms. The van der Waals surface area contributed by atoms with Gasteiger partial charge in [0.05, 0.1) is 21.3 Å². The van der Waals surface area contributed by atoms with Crippen LogP contribution >= 0.6 is 22.9 Å². The Morgan fingerprint density at radius 3 is 2.06 bits per heavy atom. The number of hydrogen-bond donors (Lipinski definition) is 0. The van der Waals surface area contributed by atoms with E-state index in [-0.39, 0.29) is 17.7 Å². The Morgan fingerprint density at radius 2 is 1.54 bits per heavy atom. The molecule has 0 saturated carbocycles. The van der Waals surface area contributed by atoms with Gasteiger partial charge in [-0.15, -0.1) is 0 Å². The number of fused-ring (bicyclic) bond motifs is 1. The number of hydrogen-bond acceptors (Lipinski definition) is 4. The van der Waals surface area contributed by atoms with Gasteiger partial charge >= 0.3 is 12.4 Å². The smallest absolute Gasteiger partial charge is 0.302 e. The Balaban J connectivity index is 2.13. The molecule has 1 amide bonds. The number of benzene rings is 2. The maximum atomic E-state index is 13.4. The third-order valence-corrected chi connectivity index (χ3v) is 7.03. The van der Waals surface area contributed by atoms with Gasteiger partial charge in [0.1, 0.15) is 0 Å². The highest BCUT2D eigenvalue weighted by Crippen LogP contribution is 2.38. The molecule has 3 rings (SSSR count). The highest BCUT2D eigenvalue weighted by atomic mass is 35.5. The van der Waals surface area contributed by atoms with E-state index >= 15 is 0 Å². The summed E-state index contributed by atoms with van der Waals surface area (Å²) in [6, 6.07) is 4.24. The van der Waals surface area contributed by atoms with Crippen molar-refractivity contribution in [2.45, 2.75) is 33.1 Å². The summed E-state index contributed by atoms with van der Waals surface area (Å²) >= 11 is 7.27. The predicted molar refractivity (Wildman–Crippen MR) is 125 cm³/mol. The lowest BCUT2D eigenvalue weighted by molar-refractivity contribution is -0.143. The van der Waals surface area contributed by atoms with Gasteiger partial charge in [-0.05, 0) is 55.9 Å². The van der Waals surface area contributed by atoms with Gasteiger partial charge in [0.2, 0.25) is 0 Å². The fourth-order valence-electron chi connectivity index (χ4n) is 3.50. The molecule has 1 heterocycles. The van der Waals surface area contributed by atoms with Gasteiger partial charge in [-0.3, -0.25) is 9.69 Å². The van der Waals surface area contributed by atoms with Crippen molar-refractivity contribution in [2.75, 3.05) is 31.1 Å². The number of aromatic nitrogens is 1. The van der Waals surface area contributed by atoms with Crippen molar-refractivity contribution in [3.05, 3.63) is 57.6 Å². The molecular weight excluding hydrogens is 516 g/mol. The maximum absolute atomic E-state index is 13.4. The summed E-state index contributed by atoms with van der Waals surface area (Å²) in [6.45, 7) is 7.20. The van der Waals surface area contributed by atoms with Crippen molar-refractivity contribution in [1.82, 2.24) is 9.88 Å². The van der Waals surface area contributed by atoms with Crippen LogP contribution in [0.5, 0.6) is 0 Å². The average Bonchev–Trinajstić information content (AvgIpc) is 3.22. The number of anilines is 1. The van der Waals surface area contributed by atoms with Crippen LogP contribution in [0.15, 0.2) is 30.3 Å². The molecule has 4 nitrogen and oxygen atoms in total. The number of likely N-dealkylation sites (N-methyl/N-ethyl adjacent to an activating group) is 1. The summed E-state index contributed by atoms with van der Waals surface area (Å²) < 4.78 is 80.9. The van der Waals surface area contributed by atoms with E-state index in [2.05, 4.69) is 4.98 Å². The highest BCUT2D eigenvalue weighted by molar-refractivity contribution is 7.22. The van der Waals surface area contributed by atoms with E-state index in [9.17, 15) is 31.1 Å². The summed E-state index contributed by atoms with van der Waals surface area (Å²) in [5, 5.41) is 0.608. The van der Waals surface area contributed by atoms with Crippen molar-refractivity contribution in [2.24, 2.45) is 0 Å². The van der Waals surface area contributed by atoms with Crippen LogP contribution in [0.3, 0.4) is 0 Å². The number of carbonyl (C=O) groups is 1. The zero-order valence-corrected chi connectivity index (χ0v) is 20.6. The number of alkyl halides is 6. The third kappa shape index (κ3) is 6.07. The van der Waals surface area contributed by atoms with Crippen LogP contribution in [0.1, 0.15) is 40.9 Å². The molecule has 0 aliphatic carbocycles. The quantitative estimate of drug-likeness (QED) is 0.297. The van der Waals surface area contributed by atoms with Gasteiger partial charge in [-0.2, -0.15) is 26.3 Å². The van der Waals surface area contributed by atoms with Crippen molar-refractivity contribution >= 4 is 44.2 Å². The van der Waals surface area contributed by atoms with E-state index in [4.69, 9.17) is 11.6 Å². The first-order valence-corrected chi connectivity index (χ1v) is 11.8. The minimum atomic E-state index is -5.06.